The minimum absolute atomic E-state index is 0.00491. The van der Waals surface area contributed by atoms with Crippen LogP contribution in [-0.4, -0.2) is 33.9 Å². The molecule has 1 amide bonds. The molecule has 0 atom stereocenters. The van der Waals surface area contributed by atoms with E-state index in [4.69, 9.17) is 0 Å². The lowest BCUT2D eigenvalue weighted by Crippen LogP contribution is -2.38. The summed E-state index contributed by atoms with van der Waals surface area (Å²) < 4.78 is 0. The number of hydrogen-bond acceptors (Lipinski definition) is 4. The number of aromatic nitrogens is 2. The Labute approximate surface area is 149 Å². The Kier molecular flexibility index (Phi) is 5.02. The second-order valence-electron chi connectivity index (χ2n) is 7.14. The first-order valence-corrected chi connectivity index (χ1v) is 8.91. The highest BCUT2D eigenvalue weighted by Gasteiger charge is 2.22. The van der Waals surface area contributed by atoms with E-state index in [2.05, 4.69) is 55.1 Å². The van der Waals surface area contributed by atoms with Crippen LogP contribution in [0.3, 0.4) is 0 Å². The maximum atomic E-state index is 12.7. The van der Waals surface area contributed by atoms with Gasteiger partial charge in [-0.3, -0.25) is 4.79 Å². The van der Waals surface area contributed by atoms with Gasteiger partial charge in [0.2, 0.25) is 5.95 Å². The Hall–Kier alpha value is -2.43. The molecule has 25 heavy (non-hydrogen) atoms. The zero-order valence-electron chi connectivity index (χ0n) is 15.5. The van der Waals surface area contributed by atoms with Crippen LogP contribution in [0.25, 0.3) is 0 Å². The van der Waals surface area contributed by atoms with Crippen LogP contribution >= 0.6 is 0 Å². The number of aryl methyl sites for hydroxylation is 3. The van der Waals surface area contributed by atoms with Crippen molar-refractivity contribution in [1.82, 2.24) is 14.9 Å². The van der Waals surface area contributed by atoms with Gasteiger partial charge in [0.25, 0.3) is 5.91 Å². The number of carbonyl (C=O) groups excluding carboxylic acids is 1. The van der Waals surface area contributed by atoms with Gasteiger partial charge >= 0.3 is 0 Å². The van der Waals surface area contributed by atoms with E-state index in [0.717, 1.165) is 42.7 Å². The summed E-state index contributed by atoms with van der Waals surface area (Å²) in [7, 11) is 0. The van der Waals surface area contributed by atoms with Gasteiger partial charge in [-0.15, -0.1) is 0 Å². The van der Waals surface area contributed by atoms with Gasteiger partial charge in [0.1, 0.15) is 5.69 Å². The van der Waals surface area contributed by atoms with Crippen molar-refractivity contribution >= 4 is 17.5 Å². The van der Waals surface area contributed by atoms with Crippen LogP contribution in [0.5, 0.6) is 0 Å². The van der Waals surface area contributed by atoms with Gasteiger partial charge in [-0.1, -0.05) is 24.6 Å². The number of rotatable bonds is 3. The summed E-state index contributed by atoms with van der Waals surface area (Å²) in [6.07, 6.45) is 3.77. The molecule has 0 bridgehead atoms. The zero-order valence-corrected chi connectivity index (χ0v) is 15.5. The molecule has 1 saturated heterocycles. The highest BCUT2D eigenvalue weighted by atomic mass is 16.2. The van der Waals surface area contributed by atoms with E-state index in [-0.39, 0.29) is 5.91 Å². The summed E-state index contributed by atoms with van der Waals surface area (Å²) in [5.74, 6) is 1.15. The standard InChI is InChI=1S/C20H26N4O/c1-13-6-9-24(10-7-13)19(25)17-5-8-21-20(22-17)23-18-15(3)11-14(2)12-16(18)4/h5,8,11-13H,6-7,9-10H2,1-4H3,(H,21,22,23). The van der Waals surface area contributed by atoms with Crippen LogP contribution in [0, 0.1) is 26.7 Å². The van der Waals surface area contributed by atoms with Gasteiger partial charge in [0.05, 0.1) is 0 Å². The fourth-order valence-electron chi connectivity index (χ4n) is 3.40. The van der Waals surface area contributed by atoms with E-state index in [9.17, 15) is 4.79 Å². The topological polar surface area (TPSA) is 58.1 Å². The summed E-state index contributed by atoms with van der Waals surface area (Å²) >= 11 is 0. The molecule has 5 nitrogen and oxygen atoms in total. The van der Waals surface area contributed by atoms with Gasteiger partial charge in [0, 0.05) is 25.0 Å². The molecule has 2 aromatic rings. The third-order valence-corrected chi connectivity index (χ3v) is 4.86. The number of likely N-dealkylation sites (tertiary alicyclic amines) is 1. The summed E-state index contributed by atoms with van der Waals surface area (Å²) in [5.41, 5.74) is 4.96. The molecule has 0 spiro atoms. The molecule has 5 heteroatoms. The van der Waals surface area contributed by atoms with Crippen LogP contribution in [-0.2, 0) is 0 Å². The number of anilines is 2. The number of nitrogens with zero attached hydrogens (tertiary/aromatic N) is 3. The van der Waals surface area contributed by atoms with Crippen molar-refractivity contribution in [2.75, 3.05) is 18.4 Å². The molecule has 1 N–H and O–H groups in total. The van der Waals surface area contributed by atoms with E-state index in [1.807, 2.05) is 4.90 Å². The number of nitrogens with one attached hydrogen (secondary N) is 1. The molecular weight excluding hydrogens is 312 g/mol. The highest BCUT2D eigenvalue weighted by Crippen LogP contribution is 2.24. The molecular formula is C20H26N4O. The van der Waals surface area contributed by atoms with E-state index < -0.39 is 0 Å². The monoisotopic (exact) mass is 338 g/mol. The number of amides is 1. The number of carbonyl (C=O) groups is 1. The Bertz CT molecular complexity index is 756. The van der Waals surface area contributed by atoms with Gasteiger partial charge < -0.3 is 10.2 Å². The van der Waals surface area contributed by atoms with Crippen LogP contribution in [0.15, 0.2) is 24.4 Å². The van der Waals surface area contributed by atoms with E-state index >= 15 is 0 Å². The summed E-state index contributed by atoms with van der Waals surface area (Å²) in [5, 5.41) is 3.28. The molecule has 2 heterocycles. The third-order valence-electron chi connectivity index (χ3n) is 4.86. The largest absolute Gasteiger partial charge is 0.337 e. The van der Waals surface area contributed by atoms with Crippen LogP contribution in [0.2, 0.25) is 0 Å². The predicted octanol–water partition coefficient (Wildman–Crippen LogP) is 4.02. The molecule has 0 saturated carbocycles. The van der Waals surface area contributed by atoms with E-state index in [0.29, 0.717) is 17.6 Å². The average Bonchev–Trinajstić information content (AvgIpc) is 2.58. The lowest BCUT2D eigenvalue weighted by atomic mass is 9.99. The van der Waals surface area contributed by atoms with Crippen molar-refractivity contribution in [2.45, 2.75) is 40.5 Å². The quantitative estimate of drug-likeness (QED) is 0.918. The first kappa shape index (κ1) is 17.4. The Morgan fingerprint density at radius 3 is 2.44 bits per heavy atom. The molecule has 0 radical (unpaired) electrons. The number of hydrogen-bond donors (Lipinski definition) is 1. The SMILES string of the molecule is Cc1cc(C)c(Nc2nccc(C(=O)N3CCC(C)CC3)n2)c(C)c1. The Balaban J connectivity index is 1.79. The van der Waals surface area contributed by atoms with Crippen molar-refractivity contribution in [3.63, 3.8) is 0 Å². The molecule has 132 valence electrons. The highest BCUT2D eigenvalue weighted by molar-refractivity contribution is 5.92. The number of piperidine rings is 1. The van der Waals surface area contributed by atoms with E-state index in [1.54, 1.807) is 12.3 Å². The van der Waals surface area contributed by atoms with Crippen molar-refractivity contribution in [3.8, 4) is 0 Å². The molecule has 1 aromatic carbocycles. The van der Waals surface area contributed by atoms with Crippen molar-refractivity contribution < 1.29 is 4.79 Å². The lowest BCUT2D eigenvalue weighted by molar-refractivity contribution is 0.0691. The minimum Gasteiger partial charge on any atom is -0.337 e. The first-order chi connectivity index (χ1) is 11.9. The summed E-state index contributed by atoms with van der Waals surface area (Å²) in [6.45, 7) is 10.1. The van der Waals surface area contributed by atoms with E-state index in [1.165, 1.54) is 5.56 Å². The van der Waals surface area contributed by atoms with Gasteiger partial charge in [0.15, 0.2) is 0 Å². The normalized spacial score (nSPS) is 15.3. The molecule has 1 aromatic heterocycles. The third kappa shape index (κ3) is 3.98. The average molecular weight is 338 g/mol. The van der Waals surface area contributed by atoms with Gasteiger partial charge in [-0.25, -0.2) is 9.97 Å². The van der Waals surface area contributed by atoms with Crippen molar-refractivity contribution in [1.29, 1.82) is 0 Å². The van der Waals surface area contributed by atoms with Crippen LogP contribution < -0.4 is 5.32 Å². The molecule has 1 aliphatic rings. The minimum atomic E-state index is -0.00491. The van der Waals surface area contributed by atoms with Crippen molar-refractivity contribution in [2.24, 2.45) is 5.92 Å². The second kappa shape index (κ2) is 7.21. The van der Waals surface area contributed by atoms with Crippen LogP contribution in [0.4, 0.5) is 11.6 Å². The summed E-state index contributed by atoms with van der Waals surface area (Å²) in [4.78, 5) is 23.3. The first-order valence-electron chi connectivity index (χ1n) is 8.91. The maximum absolute atomic E-state index is 12.7. The molecule has 3 rings (SSSR count). The lowest BCUT2D eigenvalue weighted by Gasteiger charge is -2.30. The fraction of sp³-hybridized carbons (Fsp3) is 0.450. The number of benzene rings is 1. The van der Waals surface area contributed by atoms with Crippen molar-refractivity contribution in [3.05, 3.63) is 46.8 Å². The fourth-order valence-corrected chi connectivity index (χ4v) is 3.40. The molecule has 0 aliphatic carbocycles. The predicted molar refractivity (Wildman–Crippen MR) is 100 cm³/mol. The van der Waals surface area contributed by atoms with Crippen LogP contribution in [0.1, 0.15) is 46.9 Å². The van der Waals surface area contributed by atoms with Gasteiger partial charge in [-0.05, 0) is 56.7 Å². The Morgan fingerprint density at radius 1 is 1.16 bits per heavy atom. The summed E-state index contributed by atoms with van der Waals surface area (Å²) in [6, 6.07) is 5.94. The second-order valence-corrected chi connectivity index (χ2v) is 7.14. The Morgan fingerprint density at radius 2 is 1.80 bits per heavy atom. The molecule has 1 aliphatic heterocycles. The maximum Gasteiger partial charge on any atom is 0.272 e. The molecule has 0 unspecified atom stereocenters. The zero-order chi connectivity index (χ0) is 18.0. The smallest absolute Gasteiger partial charge is 0.272 e. The van der Waals surface area contributed by atoms with Gasteiger partial charge in [-0.2, -0.15) is 0 Å². The molecule has 1 fully saturated rings.